The van der Waals surface area contributed by atoms with E-state index in [1.807, 2.05) is 0 Å². The second kappa shape index (κ2) is 4.08. The molecule has 0 saturated carbocycles. The minimum atomic E-state index is -0.582. The zero-order chi connectivity index (χ0) is 10.8. The van der Waals surface area contributed by atoms with Crippen LogP contribution in [0.2, 0.25) is 4.47 Å². The van der Waals surface area contributed by atoms with Gasteiger partial charge in [0.05, 0.1) is 12.2 Å². The fourth-order valence-electron chi connectivity index (χ4n) is 1.07. The van der Waals surface area contributed by atoms with E-state index in [1.54, 1.807) is 6.07 Å². The lowest BCUT2D eigenvalue weighted by Crippen LogP contribution is -2.16. The van der Waals surface area contributed by atoms with Crippen LogP contribution in [0.4, 0.5) is 4.39 Å². The Morgan fingerprint density at radius 3 is 2.93 bits per heavy atom. The van der Waals surface area contributed by atoms with Crippen LogP contribution in [0.5, 0.6) is 0 Å². The van der Waals surface area contributed by atoms with E-state index >= 15 is 0 Å². The topological polar surface area (TPSA) is 47.8 Å². The molecule has 0 aliphatic rings. The number of pyridine rings is 1. The van der Waals surface area contributed by atoms with E-state index in [9.17, 15) is 9.18 Å². The van der Waals surface area contributed by atoms with E-state index in [0.717, 1.165) is 16.0 Å². The standard InChI is InChI=1S/C8H5ClFN3OS/c9-7-12-13(8(14)15-7)4-5-2-1-3-6(10)11-5/h1-3H,4H2. The maximum Gasteiger partial charge on any atom is 0.326 e. The summed E-state index contributed by atoms with van der Waals surface area (Å²) in [7, 11) is 0. The van der Waals surface area contributed by atoms with Crippen LogP contribution in [-0.2, 0) is 6.54 Å². The molecule has 0 N–H and O–H groups in total. The highest BCUT2D eigenvalue weighted by Gasteiger charge is 2.05. The Balaban J connectivity index is 2.29. The second-order valence-electron chi connectivity index (χ2n) is 2.73. The van der Waals surface area contributed by atoms with Gasteiger partial charge in [0.1, 0.15) is 0 Å². The highest BCUT2D eigenvalue weighted by molar-refractivity contribution is 7.13. The third-order valence-corrected chi connectivity index (χ3v) is 2.61. The molecule has 2 aromatic rings. The first-order valence-corrected chi connectivity index (χ1v) is 5.19. The van der Waals surface area contributed by atoms with Gasteiger partial charge in [0.2, 0.25) is 10.4 Å². The lowest BCUT2D eigenvalue weighted by Gasteiger charge is -1.98. The summed E-state index contributed by atoms with van der Waals surface area (Å²) >= 11 is 6.39. The van der Waals surface area contributed by atoms with E-state index in [2.05, 4.69) is 10.1 Å². The Morgan fingerprint density at radius 2 is 2.33 bits per heavy atom. The SMILES string of the molecule is O=c1sc(Cl)nn1Cc1cccc(F)n1. The smallest absolute Gasteiger partial charge is 0.255 e. The molecule has 0 amide bonds. The summed E-state index contributed by atoms with van der Waals surface area (Å²) in [4.78, 5) is 14.6. The molecule has 7 heteroatoms. The molecule has 2 rings (SSSR count). The van der Waals surface area contributed by atoms with Gasteiger partial charge in [-0.05, 0) is 35.1 Å². The molecule has 0 aromatic carbocycles. The number of rotatable bonds is 2. The van der Waals surface area contributed by atoms with Crippen molar-refractivity contribution in [2.75, 3.05) is 0 Å². The fourth-order valence-corrected chi connectivity index (χ4v) is 1.86. The molecule has 78 valence electrons. The Kier molecular flexibility index (Phi) is 2.79. The van der Waals surface area contributed by atoms with Gasteiger partial charge >= 0.3 is 4.87 Å². The highest BCUT2D eigenvalue weighted by Crippen LogP contribution is 2.07. The van der Waals surface area contributed by atoms with Gasteiger partial charge in [-0.15, -0.1) is 5.10 Å². The minimum Gasteiger partial charge on any atom is -0.255 e. The van der Waals surface area contributed by atoms with Crippen LogP contribution in [0.25, 0.3) is 0 Å². The molecule has 2 aromatic heterocycles. The van der Waals surface area contributed by atoms with Crippen LogP contribution < -0.4 is 4.87 Å². The van der Waals surface area contributed by atoms with Crippen molar-refractivity contribution in [1.82, 2.24) is 14.8 Å². The van der Waals surface area contributed by atoms with Gasteiger partial charge in [0.15, 0.2) is 0 Å². The summed E-state index contributed by atoms with van der Waals surface area (Å²) in [5, 5.41) is 3.76. The Bertz CT molecular complexity index is 539. The van der Waals surface area contributed by atoms with Crippen LogP contribution in [0.3, 0.4) is 0 Å². The Morgan fingerprint density at radius 1 is 1.53 bits per heavy atom. The summed E-state index contributed by atoms with van der Waals surface area (Å²) in [5.41, 5.74) is 0.430. The molecule has 4 nitrogen and oxygen atoms in total. The number of nitrogens with zero attached hydrogens (tertiary/aromatic N) is 3. The average Bonchev–Trinajstić information content (AvgIpc) is 2.45. The van der Waals surface area contributed by atoms with E-state index in [0.29, 0.717) is 5.69 Å². The molecule has 0 radical (unpaired) electrons. The lowest BCUT2D eigenvalue weighted by molar-refractivity contribution is 0.564. The molecule has 0 saturated heterocycles. The van der Waals surface area contributed by atoms with Crippen molar-refractivity contribution in [3.05, 3.63) is 44.0 Å². The average molecular weight is 246 g/mol. The van der Waals surface area contributed by atoms with E-state index in [1.165, 1.54) is 12.1 Å². The molecule has 0 aliphatic carbocycles. The first-order chi connectivity index (χ1) is 7.15. The summed E-state index contributed by atoms with van der Waals surface area (Å²) in [6.45, 7) is 0.125. The zero-order valence-electron chi connectivity index (χ0n) is 7.35. The predicted octanol–water partition coefficient (Wildman–Crippen LogP) is 1.54. The summed E-state index contributed by atoms with van der Waals surface area (Å²) < 4.78 is 14.0. The molecule has 0 unspecified atom stereocenters. The van der Waals surface area contributed by atoms with Gasteiger partial charge in [-0.3, -0.25) is 4.79 Å². The maximum absolute atomic E-state index is 12.7. The van der Waals surface area contributed by atoms with Crippen LogP contribution in [0, 0.1) is 5.95 Å². The Labute approximate surface area is 93.0 Å². The number of aromatic nitrogens is 3. The van der Waals surface area contributed by atoms with Gasteiger partial charge in [-0.25, -0.2) is 9.67 Å². The quantitative estimate of drug-likeness (QED) is 0.754. The van der Waals surface area contributed by atoms with Crippen molar-refractivity contribution in [2.24, 2.45) is 0 Å². The summed E-state index contributed by atoms with van der Waals surface area (Å²) in [6.07, 6.45) is 0. The van der Waals surface area contributed by atoms with Crippen molar-refractivity contribution in [2.45, 2.75) is 6.54 Å². The van der Waals surface area contributed by atoms with E-state index in [4.69, 9.17) is 11.6 Å². The second-order valence-corrected chi connectivity index (χ2v) is 4.25. The molecule has 0 spiro atoms. The molecule has 2 heterocycles. The lowest BCUT2D eigenvalue weighted by atomic mass is 10.3. The van der Waals surface area contributed by atoms with E-state index < -0.39 is 5.95 Å². The van der Waals surface area contributed by atoms with Gasteiger partial charge in [-0.2, -0.15) is 4.39 Å². The van der Waals surface area contributed by atoms with Gasteiger partial charge in [0, 0.05) is 0 Å². The monoisotopic (exact) mass is 245 g/mol. The van der Waals surface area contributed by atoms with Crippen molar-refractivity contribution >= 4 is 22.9 Å². The number of hydrogen-bond acceptors (Lipinski definition) is 4. The van der Waals surface area contributed by atoms with Gasteiger partial charge in [-0.1, -0.05) is 6.07 Å². The van der Waals surface area contributed by atoms with Crippen LogP contribution in [-0.4, -0.2) is 14.8 Å². The van der Waals surface area contributed by atoms with Gasteiger partial charge in [0.25, 0.3) is 0 Å². The first-order valence-electron chi connectivity index (χ1n) is 4.00. The molecule has 0 atom stereocenters. The number of halogens is 2. The molecular formula is C8H5ClFN3OS. The predicted molar refractivity (Wildman–Crippen MR) is 54.7 cm³/mol. The van der Waals surface area contributed by atoms with Gasteiger partial charge < -0.3 is 0 Å². The normalized spacial score (nSPS) is 10.5. The third kappa shape index (κ3) is 2.40. The third-order valence-electron chi connectivity index (χ3n) is 1.67. The maximum atomic E-state index is 12.7. The molecule has 0 bridgehead atoms. The van der Waals surface area contributed by atoms with Crippen LogP contribution in [0.15, 0.2) is 23.0 Å². The van der Waals surface area contributed by atoms with Crippen LogP contribution in [0.1, 0.15) is 5.69 Å². The minimum absolute atomic E-state index is 0.125. The Hall–Kier alpha value is -1.27. The van der Waals surface area contributed by atoms with Crippen molar-refractivity contribution in [3.8, 4) is 0 Å². The highest BCUT2D eigenvalue weighted by atomic mass is 35.5. The summed E-state index contributed by atoms with van der Waals surface area (Å²) in [6, 6.07) is 4.37. The van der Waals surface area contributed by atoms with Crippen molar-refractivity contribution < 1.29 is 4.39 Å². The molecule has 0 aliphatic heterocycles. The number of hydrogen-bond donors (Lipinski definition) is 0. The van der Waals surface area contributed by atoms with Crippen molar-refractivity contribution in [3.63, 3.8) is 0 Å². The van der Waals surface area contributed by atoms with Crippen molar-refractivity contribution in [1.29, 1.82) is 0 Å². The van der Waals surface area contributed by atoms with E-state index in [-0.39, 0.29) is 15.9 Å². The zero-order valence-corrected chi connectivity index (χ0v) is 8.93. The fraction of sp³-hybridized carbons (Fsp3) is 0.125. The van der Waals surface area contributed by atoms with Crippen LogP contribution >= 0.6 is 22.9 Å². The first kappa shape index (κ1) is 10.3. The molecule has 0 fully saturated rings. The summed E-state index contributed by atoms with van der Waals surface area (Å²) in [5.74, 6) is -0.582. The molecular weight excluding hydrogens is 241 g/mol. The largest absolute Gasteiger partial charge is 0.326 e. The molecule has 15 heavy (non-hydrogen) atoms.